The number of aryl methyl sites for hydroxylation is 1. The second-order valence-electron chi connectivity index (χ2n) is 8.52. The van der Waals surface area contributed by atoms with E-state index >= 15 is 0 Å². The van der Waals surface area contributed by atoms with Gasteiger partial charge in [0.25, 0.3) is 5.56 Å². The molecule has 5 rings (SSSR count). The van der Waals surface area contributed by atoms with E-state index in [-0.39, 0.29) is 63.4 Å². The normalized spacial score (nSPS) is 11.1. The van der Waals surface area contributed by atoms with Gasteiger partial charge in [0.1, 0.15) is 18.1 Å². The quantitative estimate of drug-likeness (QED) is 0.277. The number of aromatic nitrogens is 7. The minimum Gasteiger partial charge on any atom is -0.480 e. The number of ether oxygens (including phenoxy) is 1. The van der Waals surface area contributed by atoms with Crippen LogP contribution in [0.15, 0.2) is 46.2 Å². The molecule has 202 valence electrons. The van der Waals surface area contributed by atoms with E-state index in [0.717, 1.165) is 15.2 Å². The van der Waals surface area contributed by atoms with Crippen molar-refractivity contribution in [3.8, 4) is 23.2 Å². The van der Waals surface area contributed by atoms with Gasteiger partial charge in [-0.1, -0.05) is 23.2 Å². The lowest BCUT2D eigenvalue weighted by molar-refractivity contribution is 0.401. The lowest BCUT2D eigenvalue weighted by Gasteiger charge is -2.16. The first-order chi connectivity index (χ1) is 19.1. The Kier molecular flexibility index (Phi) is 7.05. The molecule has 5 aromatic rings. The SMILES string of the molecule is COc1nc2c(=O)n(Cc3ncn(C)n3)c(=O)n(Cc3cc(F)c(F)c(Cl)c3)c2cc1-c1nc(C#N)ccc1Cl. The highest BCUT2D eigenvalue weighted by atomic mass is 35.5. The van der Waals surface area contributed by atoms with Gasteiger partial charge in [0.05, 0.1) is 47.0 Å². The van der Waals surface area contributed by atoms with Crippen LogP contribution in [0.3, 0.4) is 0 Å². The van der Waals surface area contributed by atoms with Crippen molar-refractivity contribution in [1.29, 1.82) is 5.26 Å². The minimum absolute atomic E-state index is 0.0112. The fraction of sp³-hybridized carbons (Fsp3) is 0.160. The summed E-state index contributed by atoms with van der Waals surface area (Å²) in [5.41, 5.74) is -1.28. The van der Waals surface area contributed by atoms with Crippen LogP contribution in [0.5, 0.6) is 5.88 Å². The van der Waals surface area contributed by atoms with Crippen LogP contribution in [0.2, 0.25) is 10.0 Å². The summed E-state index contributed by atoms with van der Waals surface area (Å²) in [5.74, 6) is -2.33. The predicted octanol–water partition coefficient (Wildman–Crippen LogP) is 3.31. The van der Waals surface area contributed by atoms with Crippen molar-refractivity contribution in [3.05, 3.63) is 96.3 Å². The van der Waals surface area contributed by atoms with Crippen molar-refractivity contribution in [2.24, 2.45) is 7.05 Å². The number of pyridine rings is 2. The molecule has 0 saturated carbocycles. The number of halogens is 4. The van der Waals surface area contributed by atoms with Gasteiger partial charge in [0.15, 0.2) is 23.0 Å². The summed E-state index contributed by atoms with van der Waals surface area (Å²) in [6.07, 6.45) is 1.41. The maximum Gasteiger partial charge on any atom is 0.332 e. The molecular weight excluding hydrogens is 569 g/mol. The van der Waals surface area contributed by atoms with Crippen LogP contribution in [0, 0.1) is 23.0 Å². The molecule has 0 atom stereocenters. The van der Waals surface area contributed by atoms with E-state index in [0.29, 0.717) is 0 Å². The average molecular weight is 585 g/mol. The number of methoxy groups -OCH3 is 1. The first-order valence-corrected chi connectivity index (χ1v) is 12.1. The number of nitriles is 1. The fourth-order valence-electron chi connectivity index (χ4n) is 4.10. The standard InChI is InChI=1S/C25H16Cl2F2N8O3/c1-35-11-31-19(34-35)10-37-24(38)22-18(36(25(37)39)9-12-5-16(27)20(29)17(28)6-12)7-14(23(33-22)40-2)21-15(26)4-3-13(8-30)32-21/h3-7,11H,9-10H2,1-2H3. The molecule has 0 aliphatic heterocycles. The van der Waals surface area contributed by atoms with E-state index < -0.39 is 27.9 Å². The number of nitrogens with zero attached hydrogens (tertiary/aromatic N) is 8. The molecule has 0 saturated heterocycles. The Morgan fingerprint density at radius 2 is 1.82 bits per heavy atom. The summed E-state index contributed by atoms with van der Waals surface area (Å²) in [6.45, 7) is -0.620. The Morgan fingerprint density at radius 1 is 1.05 bits per heavy atom. The largest absolute Gasteiger partial charge is 0.480 e. The van der Waals surface area contributed by atoms with E-state index in [4.69, 9.17) is 27.9 Å². The first-order valence-electron chi connectivity index (χ1n) is 11.4. The van der Waals surface area contributed by atoms with Crippen molar-refractivity contribution in [3.63, 3.8) is 0 Å². The van der Waals surface area contributed by atoms with Crippen LogP contribution in [0.4, 0.5) is 8.78 Å². The van der Waals surface area contributed by atoms with E-state index in [1.165, 1.54) is 42.4 Å². The zero-order valence-electron chi connectivity index (χ0n) is 20.7. The van der Waals surface area contributed by atoms with E-state index in [1.807, 2.05) is 6.07 Å². The van der Waals surface area contributed by atoms with Gasteiger partial charge in [-0.15, -0.1) is 0 Å². The smallest absolute Gasteiger partial charge is 0.332 e. The van der Waals surface area contributed by atoms with Crippen LogP contribution >= 0.6 is 23.2 Å². The Bertz CT molecular complexity index is 1960. The molecule has 0 radical (unpaired) electrons. The van der Waals surface area contributed by atoms with E-state index in [9.17, 15) is 23.6 Å². The molecule has 0 amide bonds. The molecule has 40 heavy (non-hydrogen) atoms. The number of benzene rings is 1. The van der Waals surface area contributed by atoms with Crippen molar-refractivity contribution < 1.29 is 13.5 Å². The molecule has 0 spiro atoms. The summed E-state index contributed by atoms with van der Waals surface area (Å²) >= 11 is 12.2. The summed E-state index contributed by atoms with van der Waals surface area (Å²) < 4.78 is 36.9. The first kappa shape index (κ1) is 26.9. The molecule has 0 aliphatic carbocycles. The Hall–Kier alpha value is -4.67. The lowest BCUT2D eigenvalue weighted by Crippen LogP contribution is -2.41. The summed E-state index contributed by atoms with van der Waals surface area (Å²) in [4.78, 5) is 40.0. The third kappa shape index (κ3) is 4.78. The zero-order chi connectivity index (χ0) is 28.7. The molecule has 4 heterocycles. The molecule has 15 heteroatoms. The molecule has 0 N–H and O–H groups in total. The molecule has 1 aromatic carbocycles. The van der Waals surface area contributed by atoms with Gasteiger partial charge in [-0.3, -0.25) is 18.6 Å². The monoisotopic (exact) mass is 584 g/mol. The summed E-state index contributed by atoms with van der Waals surface area (Å²) in [5, 5.41) is 13.1. The third-order valence-electron chi connectivity index (χ3n) is 5.91. The second-order valence-corrected chi connectivity index (χ2v) is 9.33. The van der Waals surface area contributed by atoms with Crippen LogP contribution in [-0.2, 0) is 20.1 Å². The fourth-order valence-corrected chi connectivity index (χ4v) is 4.54. The van der Waals surface area contributed by atoms with Gasteiger partial charge in [-0.25, -0.2) is 28.5 Å². The second kappa shape index (κ2) is 10.5. The predicted molar refractivity (Wildman–Crippen MR) is 140 cm³/mol. The van der Waals surface area contributed by atoms with E-state index in [2.05, 4.69) is 20.1 Å². The van der Waals surface area contributed by atoms with Gasteiger partial charge < -0.3 is 4.74 Å². The van der Waals surface area contributed by atoms with Gasteiger partial charge in [-0.2, -0.15) is 10.4 Å². The number of hydrogen-bond acceptors (Lipinski definition) is 8. The van der Waals surface area contributed by atoms with Crippen molar-refractivity contribution in [1.82, 2.24) is 33.9 Å². The molecular formula is C25H16Cl2F2N8O3. The topological polar surface area (TPSA) is 134 Å². The van der Waals surface area contributed by atoms with Crippen LogP contribution < -0.4 is 16.0 Å². The maximum absolute atomic E-state index is 14.2. The Balaban J connectivity index is 1.83. The Morgan fingerprint density at radius 3 is 2.48 bits per heavy atom. The van der Waals surface area contributed by atoms with Crippen molar-refractivity contribution >= 4 is 34.2 Å². The molecule has 0 unspecified atom stereocenters. The molecule has 0 fully saturated rings. The van der Waals surface area contributed by atoms with E-state index in [1.54, 1.807) is 7.05 Å². The summed E-state index contributed by atoms with van der Waals surface area (Å²) in [7, 11) is 2.94. The molecule has 0 aliphatic rings. The average Bonchev–Trinajstić information content (AvgIpc) is 3.36. The number of fused-ring (bicyclic) bond motifs is 1. The molecule has 0 bridgehead atoms. The third-order valence-corrected chi connectivity index (χ3v) is 6.49. The summed E-state index contributed by atoms with van der Waals surface area (Å²) in [6, 6.07) is 8.26. The minimum atomic E-state index is -1.24. The number of rotatable bonds is 6. The maximum atomic E-state index is 14.2. The van der Waals surface area contributed by atoms with Gasteiger partial charge in [0, 0.05) is 7.05 Å². The molecule has 11 nitrogen and oxygen atoms in total. The van der Waals surface area contributed by atoms with Gasteiger partial charge >= 0.3 is 5.69 Å². The highest BCUT2D eigenvalue weighted by molar-refractivity contribution is 6.33. The number of hydrogen-bond donors (Lipinski definition) is 0. The highest BCUT2D eigenvalue weighted by Crippen LogP contribution is 2.34. The Labute approximate surface area is 233 Å². The van der Waals surface area contributed by atoms with Crippen LogP contribution in [-0.4, -0.2) is 41.0 Å². The van der Waals surface area contributed by atoms with Crippen molar-refractivity contribution in [2.75, 3.05) is 7.11 Å². The van der Waals surface area contributed by atoms with Crippen LogP contribution in [0.1, 0.15) is 17.1 Å². The zero-order valence-corrected chi connectivity index (χ0v) is 22.2. The van der Waals surface area contributed by atoms with Crippen molar-refractivity contribution in [2.45, 2.75) is 13.1 Å². The lowest BCUT2D eigenvalue weighted by atomic mass is 10.1. The van der Waals surface area contributed by atoms with Crippen LogP contribution in [0.25, 0.3) is 22.3 Å². The van der Waals surface area contributed by atoms with Gasteiger partial charge in [-0.05, 0) is 35.9 Å². The van der Waals surface area contributed by atoms with Gasteiger partial charge in [0.2, 0.25) is 5.88 Å². The molecule has 4 aromatic heterocycles. The highest BCUT2D eigenvalue weighted by Gasteiger charge is 2.22.